The summed E-state index contributed by atoms with van der Waals surface area (Å²) in [6, 6.07) is 5.09. The van der Waals surface area contributed by atoms with Crippen molar-refractivity contribution >= 4 is 29.0 Å². The number of aromatic nitrogens is 2. The molecule has 0 bridgehead atoms. The number of rotatable bonds is 5. The van der Waals surface area contributed by atoms with Gasteiger partial charge in [-0.25, -0.2) is 9.97 Å². The summed E-state index contributed by atoms with van der Waals surface area (Å²) in [5.74, 6) is -0.131. The number of anilines is 4. The van der Waals surface area contributed by atoms with Crippen molar-refractivity contribution in [2.45, 2.75) is 25.9 Å². The second kappa shape index (κ2) is 8.54. The highest BCUT2D eigenvalue weighted by Crippen LogP contribution is 2.37. The lowest BCUT2D eigenvalue weighted by Gasteiger charge is -2.33. The lowest BCUT2D eigenvalue weighted by atomic mass is 9.98. The average Bonchev–Trinajstić information content (AvgIpc) is 2.69. The van der Waals surface area contributed by atoms with E-state index in [1.165, 1.54) is 24.5 Å². The zero-order chi connectivity index (χ0) is 21.0. The molecule has 1 fully saturated rings. The Morgan fingerprint density at radius 1 is 1.34 bits per heavy atom. The minimum Gasteiger partial charge on any atom is -0.466 e. The van der Waals surface area contributed by atoms with Gasteiger partial charge in [0.25, 0.3) is 0 Å². The summed E-state index contributed by atoms with van der Waals surface area (Å²) in [5, 5.41) is 2.67. The Balaban J connectivity index is 1.85. The number of halogens is 3. The third kappa shape index (κ3) is 4.69. The predicted octanol–water partition coefficient (Wildman–Crippen LogP) is 3.60. The molecule has 1 unspecified atom stereocenters. The Morgan fingerprint density at radius 3 is 2.83 bits per heavy atom. The molecule has 0 radical (unpaired) electrons. The first-order valence-corrected chi connectivity index (χ1v) is 9.26. The zero-order valence-electron chi connectivity index (χ0n) is 15.9. The standard InChI is InChI=1S/C19H22F3N5O2/c1-2-29-18(28)12-6-5-9-27(10-12)17-15(23)16(24-11-25-17)26-14-8-4-3-7-13(14)19(20,21)22/h3-4,7-8,11-12H,2,5-6,9-10,23H2,1H3,(H,24,25,26). The summed E-state index contributed by atoms with van der Waals surface area (Å²) >= 11 is 0. The number of para-hydroxylation sites is 1. The van der Waals surface area contributed by atoms with Crippen LogP contribution in [-0.2, 0) is 15.7 Å². The van der Waals surface area contributed by atoms with Crippen LogP contribution in [0.15, 0.2) is 30.6 Å². The SMILES string of the molecule is CCOC(=O)C1CCCN(c2ncnc(Nc3ccccc3C(F)(F)F)c2N)C1. The van der Waals surface area contributed by atoms with E-state index in [9.17, 15) is 18.0 Å². The molecule has 0 saturated carbocycles. The number of nitrogens with two attached hydrogens (primary N) is 1. The first-order chi connectivity index (χ1) is 13.8. The maximum Gasteiger partial charge on any atom is 0.418 e. The number of carbonyl (C=O) groups is 1. The third-order valence-electron chi connectivity index (χ3n) is 4.69. The van der Waals surface area contributed by atoms with Gasteiger partial charge >= 0.3 is 12.1 Å². The maximum absolute atomic E-state index is 13.2. The summed E-state index contributed by atoms with van der Waals surface area (Å²) in [5.41, 5.74) is 5.32. The summed E-state index contributed by atoms with van der Waals surface area (Å²) < 4.78 is 44.8. The van der Waals surface area contributed by atoms with Crippen LogP contribution in [0, 0.1) is 5.92 Å². The number of esters is 1. The fraction of sp³-hybridized carbons (Fsp3) is 0.421. The normalized spacial score (nSPS) is 17.1. The van der Waals surface area contributed by atoms with Gasteiger partial charge < -0.3 is 20.7 Å². The largest absolute Gasteiger partial charge is 0.466 e. The van der Waals surface area contributed by atoms with Crippen molar-refractivity contribution in [3.05, 3.63) is 36.2 Å². The Kier molecular flexibility index (Phi) is 6.09. The second-order valence-electron chi connectivity index (χ2n) is 6.67. The minimum absolute atomic E-state index is 0.0740. The van der Waals surface area contributed by atoms with Gasteiger partial charge in [-0.15, -0.1) is 0 Å². The van der Waals surface area contributed by atoms with Crippen LogP contribution in [0.25, 0.3) is 0 Å². The van der Waals surface area contributed by atoms with Gasteiger partial charge in [0.1, 0.15) is 12.0 Å². The molecule has 2 aromatic rings. The molecular formula is C19H22F3N5O2. The molecule has 1 aromatic carbocycles. The molecule has 7 nitrogen and oxygen atoms in total. The molecule has 0 spiro atoms. The smallest absolute Gasteiger partial charge is 0.418 e. The molecule has 2 heterocycles. The monoisotopic (exact) mass is 409 g/mol. The van der Waals surface area contributed by atoms with Crippen LogP contribution >= 0.6 is 0 Å². The number of piperidine rings is 1. The average molecular weight is 409 g/mol. The molecule has 1 aromatic heterocycles. The maximum atomic E-state index is 13.2. The molecule has 3 N–H and O–H groups in total. The highest BCUT2D eigenvalue weighted by atomic mass is 19.4. The molecule has 29 heavy (non-hydrogen) atoms. The Hall–Kier alpha value is -3.04. The lowest BCUT2D eigenvalue weighted by Crippen LogP contribution is -2.40. The number of nitrogens with zero attached hydrogens (tertiary/aromatic N) is 3. The van der Waals surface area contributed by atoms with Crippen molar-refractivity contribution in [2.24, 2.45) is 5.92 Å². The van der Waals surface area contributed by atoms with E-state index in [-0.39, 0.29) is 29.1 Å². The molecule has 0 amide bonds. The zero-order valence-corrected chi connectivity index (χ0v) is 15.9. The van der Waals surface area contributed by atoms with Crippen molar-refractivity contribution in [3.8, 4) is 0 Å². The van der Waals surface area contributed by atoms with Gasteiger partial charge in [-0.1, -0.05) is 12.1 Å². The van der Waals surface area contributed by atoms with E-state index < -0.39 is 11.7 Å². The van der Waals surface area contributed by atoms with Crippen LogP contribution in [0.4, 0.5) is 36.2 Å². The van der Waals surface area contributed by atoms with Crippen LogP contribution in [-0.4, -0.2) is 35.6 Å². The highest BCUT2D eigenvalue weighted by Gasteiger charge is 2.34. The minimum atomic E-state index is -4.52. The van der Waals surface area contributed by atoms with Gasteiger partial charge in [0, 0.05) is 13.1 Å². The number of benzene rings is 1. The van der Waals surface area contributed by atoms with E-state index in [0.29, 0.717) is 31.9 Å². The van der Waals surface area contributed by atoms with E-state index in [1.807, 2.05) is 4.90 Å². The number of hydrogen-bond acceptors (Lipinski definition) is 7. The van der Waals surface area contributed by atoms with Gasteiger partial charge in [-0.05, 0) is 31.9 Å². The van der Waals surface area contributed by atoms with Gasteiger partial charge in [0.2, 0.25) is 0 Å². The summed E-state index contributed by atoms with van der Waals surface area (Å²) in [6.07, 6.45) is -1.84. The van der Waals surface area contributed by atoms with Crippen molar-refractivity contribution in [3.63, 3.8) is 0 Å². The van der Waals surface area contributed by atoms with E-state index >= 15 is 0 Å². The Morgan fingerprint density at radius 2 is 2.10 bits per heavy atom. The lowest BCUT2D eigenvalue weighted by molar-refractivity contribution is -0.148. The Labute approximate surface area is 166 Å². The van der Waals surface area contributed by atoms with Crippen LogP contribution in [0.2, 0.25) is 0 Å². The topological polar surface area (TPSA) is 93.4 Å². The molecule has 0 aliphatic carbocycles. The first kappa shape index (κ1) is 20.7. The molecule has 10 heteroatoms. The second-order valence-corrected chi connectivity index (χ2v) is 6.67. The quantitative estimate of drug-likeness (QED) is 0.729. The molecule has 1 aliphatic rings. The number of hydrogen-bond donors (Lipinski definition) is 2. The molecule has 1 aliphatic heterocycles. The number of alkyl halides is 3. The molecule has 3 rings (SSSR count). The van der Waals surface area contributed by atoms with Crippen molar-refractivity contribution < 1.29 is 22.7 Å². The van der Waals surface area contributed by atoms with Crippen LogP contribution in [0.1, 0.15) is 25.3 Å². The molecule has 1 atom stereocenters. The number of carbonyl (C=O) groups excluding carboxylic acids is 1. The van der Waals surface area contributed by atoms with E-state index in [4.69, 9.17) is 10.5 Å². The van der Waals surface area contributed by atoms with Gasteiger partial charge in [0.15, 0.2) is 11.6 Å². The summed E-state index contributed by atoms with van der Waals surface area (Å²) in [6.45, 7) is 3.05. The van der Waals surface area contributed by atoms with Crippen LogP contribution < -0.4 is 16.0 Å². The molecular weight excluding hydrogens is 387 g/mol. The molecule has 156 valence electrons. The van der Waals surface area contributed by atoms with Crippen molar-refractivity contribution in [1.82, 2.24) is 9.97 Å². The van der Waals surface area contributed by atoms with E-state index in [1.54, 1.807) is 6.92 Å². The van der Waals surface area contributed by atoms with Crippen molar-refractivity contribution in [2.75, 3.05) is 35.6 Å². The van der Waals surface area contributed by atoms with Gasteiger partial charge in [-0.3, -0.25) is 4.79 Å². The van der Waals surface area contributed by atoms with E-state index in [2.05, 4.69) is 15.3 Å². The van der Waals surface area contributed by atoms with Gasteiger partial charge in [0.05, 0.1) is 23.8 Å². The van der Waals surface area contributed by atoms with Crippen LogP contribution in [0.5, 0.6) is 0 Å². The van der Waals surface area contributed by atoms with Crippen molar-refractivity contribution in [1.29, 1.82) is 0 Å². The van der Waals surface area contributed by atoms with Crippen LogP contribution in [0.3, 0.4) is 0 Å². The summed E-state index contributed by atoms with van der Waals surface area (Å²) in [7, 11) is 0. The first-order valence-electron chi connectivity index (χ1n) is 9.26. The summed E-state index contributed by atoms with van der Waals surface area (Å²) in [4.78, 5) is 22.1. The van der Waals surface area contributed by atoms with Gasteiger partial charge in [-0.2, -0.15) is 13.2 Å². The van der Waals surface area contributed by atoms with E-state index in [0.717, 1.165) is 12.5 Å². The number of ether oxygens (including phenoxy) is 1. The fourth-order valence-electron chi connectivity index (χ4n) is 3.33. The fourth-order valence-corrected chi connectivity index (χ4v) is 3.33. The molecule has 1 saturated heterocycles. The highest BCUT2D eigenvalue weighted by molar-refractivity contribution is 5.80. The number of nitrogens with one attached hydrogen (secondary N) is 1. The Bertz CT molecular complexity index is 875. The third-order valence-corrected chi connectivity index (χ3v) is 4.69. The number of nitrogen functional groups attached to an aromatic ring is 1. The predicted molar refractivity (Wildman–Crippen MR) is 103 cm³/mol.